The van der Waals surface area contributed by atoms with Crippen LogP contribution in [0.5, 0.6) is 5.75 Å². The third kappa shape index (κ3) is 3.79. The molecule has 1 aliphatic heterocycles. The van der Waals surface area contributed by atoms with E-state index < -0.39 is 10.0 Å². The smallest absolute Gasteiger partial charge is 0.243 e. The highest BCUT2D eigenvalue weighted by Gasteiger charge is 2.40. The molecule has 2 bridgehead atoms. The fourth-order valence-corrected chi connectivity index (χ4v) is 6.46. The molecule has 1 heterocycles. The molecule has 8 heteroatoms. The van der Waals surface area contributed by atoms with Gasteiger partial charge in [-0.25, -0.2) is 8.42 Å². The van der Waals surface area contributed by atoms with Gasteiger partial charge in [0.05, 0.1) is 12.0 Å². The standard InChI is InChI=1S/C19H27N3O3S2/c1-25-16-4-6-17(7-5-16)27(23,24)22-10-8-21(9-11-22)19(26)20-18-13-14-2-3-15(18)12-14/h4-7,14-15,18H,2-3,8-13H2,1H3,(H,20,26)/t14-,15-,18+/m1/s1. The van der Waals surface area contributed by atoms with Crippen molar-refractivity contribution in [3.63, 3.8) is 0 Å². The van der Waals surface area contributed by atoms with Crippen molar-refractivity contribution in [2.45, 2.75) is 36.6 Å². The predicted octanol–water partition coefficient (Wildman–Crippen LogP) is 2.06. The van der Waals surface area contributed by atoms with Gasteiger partial charge in [0.15, 0.2) is 5.11 Å². The largest absolute Gasteiger partial charge is 0.497 e. The second-order valence-corrected chi connectivity index (χ2v) is 10.1. The summed E-state index contributed by atoms with van der Waals surface area (Å²) < 4.78 is 32.3. The van der Waals surface area contributed by atoms with E-state index in [4.69, 9.17) is 17.0 Å². The first kappa shape index (κ1) is 19.0. The molecular formula is C19H27N3O3S2. The van der Waals surface area contributed by atoms with E-state index in [0.717, 1.165) is 16.9 Å². The Bertz CT molecular complexity index is 789. The first-order valence-electron chi connectivity index (χ1n) is 9.67. The van der Waals surface area contributed by atoms with Crippen LogP contribution in [-0.2, 0) is 10.0 Å². The summed E-state index contributed by atoms with van der Waals surface area (Å²) in [6, 6.07) is 7.07. The molecule has 4 rings (SSSR count). The van der Waals surface area contributed by atoms with E-state index in [2.05, 4.69) is 10.2 Å². The zero-order chi connectivity index (χ0) is 19.0. The Hall–Kier alpha value is -1.38. The summed E-state index contributed by atoms with van der Waals surface area (Å²) in [5.74, 6) is 2.29. The molecule has 27 heavy (non-hydrogen) atoms. The van der Waals surface area contributed by atoms with E-state index in [1.165, 1.54) is 25.7 Å². The van der Waals surface area contributed by atoms with Crippen LogP contribution in [0.4, 0.5) is 0 Å². The predicted molar refractivity (Wildman–Crippen MR) is 108 cm³/mol. The van der Waals surface area contributed by atoms with Crippen molar-refractivity contribution >= 4 is 27.4 Å². The van der Waals surface area contributed by atoms with Gasteiger partial charge >= 0.3 is 0 Å². The molecule has 1 aromatic rings. The van der Waals surface area contributed by atoms with Crippen molar-refractivity contribution in [2.24, 2.45) is 11.8 Å². The second-order valence-electron chi connectivity index (χ2n) is 7.80. The van der Waals surface area contributed by atoms with Gasteiger partial charge < -0.3 is 15.0 Å². The van der Waals surface area contributed by atoms with Gasteiger partial charge in [-0.05, 0) is 67.6 Å². The maximum atomic E-state index is 12.8. The molecular weight excluding hydrogens is 382 g/mol. The summed E-state index contributed by atoms with van der Waals surface area (Å²) >= 11 is 5.61. The van der Waals surface area contributed by atoms with Crippen LogP contribution in [0.2, 0.25) is 0 Å². The maximum Gasteiger partial charge on any atom is 0.243 e. The molecule has 0 spiro atoms. The number of nitrogens with one attached hydrogen (secondary N) is 1. The lowest BCUT2D eigenvalue weighted by molar-refractivity contribution is 0.258. The van der Waals surface area contributed by atoms with Gasteiger partial charge in [-0.1, -0.05) is 6.42 Å². The number of hydrogen-bond acceptors (Lipinski definition) is 4. The summed E-state index contributed by atoms with van der Waals surface area (Å²) in [6.45, 7) is 2.16. The quantitative estimate of drug-likeness (QED) is 0.768. The Morgan fingerprint density at radius 1 is 1.11 bits per heavy atom. The molecule has 2 aliphatic carbocycles. The van der Waals surface area contributed by atoms with Crippen LogP contribution in [0.25, 0.3) is 0 Å². The Morgan fingerprint density at radius 2 is 1.81 bits per heavy atom. The van der Waals surface area contributed by atoms with Gasteiger partial charge in [0.25, 0.3) is 0 Å². The van der Waals surface area contributed by atoms with E-state index in [1.807, 2.05) is 0 Å². The van der Waals surface area contributed by atoms with Gasteiger partial charge in [-0.3, -0.25) is 0 Å². The van der Waals surface area contributed by atoms with Crippen molar-refractivity contribution in [3.8, 4) is 5.75 Å². The average molecular weight is 410 g/mol. The Kier molecular flexibility index (Phi) is 5.31. The number of nitrogens with zero attached hydrogens (tertiary/aromatic N) is 2. The zero-order valence-electron chi connectivity index (χ0n) is 15.6. The number of rotatable bonds is 4. The summed E-state index contributed by atoms with van der Waals surface area (Å²) in [4.78, 5) is 2.42. The van der Waals surface area contributed by atoms with Crippen molar-refractivity contribution in [1.82, 2.24) is 14.5 Å². The minimum atomic E-state index is -3.48. The highest BCUT2D eigenvalue weighted by Crippen LogP contribution is 2.44. The molecule has 6 nitrogen and oxygen atoms in total. The molecule has 0 unspecified atom stereocenters. The Morgan fingerprint density at radius 3 is 2.37 bits per heavy atom. The zero-order valence-corrected chi connectivity index (χ0v) is 17.3. The molecule has 148 valence electrons. The van der Waals surface area contributed by atoms with Crippen LogP contribution < -0.4 is 10.1 Å². The number of ether oxygens (including phenoxy) is 1. The summed E-state index contributed by atoms with van der Waals surface area (Å²) in [5.41, 5.74) is 0. The topological polar surface area (TPSA) is 61.9 Å². The van der Waals surface area contributed by atoms with Crippen LogP contribution >= 0.6 is 12.2 Å². The van der Waals surface area contributed by atoms with E-state index in [0.29, 0.717) is 42.9 Å². The normalized spacial score (nSPS) is 28.3. The third-order valence-electron chi connectivity index (χ3n) is 6.27. The Balaban J connectivity index is 1.33. The number of hydrogen-bond donors (Lipinski definition) is 1. The fraction of sp³-hybridized carbons (Fsp3) is 0.632. The first-order chi connectivity index (χ1) is 13.0. The molecule has 3 aliphatic rings. The van der Waals surface area contributed by atoms with E-state index in [-0.39, 0.29) is 0 Å². The maximum absolute atomic E-state index is 12.8. The molecule has 2 saturated carbocycles. The minimum absolute atomic E-state index is 0.305. The molecule has 1 N–H and O–H groups in total. The molecule has 0 radical (unpaired) electrons. The number of methoxy groups -OCH3 is 1. The van der Waals surface area contributed by atoms with Crippen molar-refractivity contribution < 1.29 is 13.2 Å². The average Bonchev–Trinajstić information content (AvgIpc) is 3.31. The number of fused-ring (bicyclic) bond motifs is 2. The lowest BCUT2D eigenvalue weighted by Gasteiger charge is -2.37. The van der Waals surface area contributed by atoms with Crippen molar-refractivity contribution in [1.29, 1.82) is 0 Å². The summed E-state index contributed by atoms with van der Waals surface area (Å²) in [5, 5.41) is 4.34. The monoisotopic (exact) mass is 409 g/mol. The van der Waals surface area contributed by atoms with Gasteiger partial charge in [-0.2, -0.15) is 4.31 Å². The van der Waals surface area contributed by atoms with E-state index >= 15 is 0 Å². The summed E-state index contributed by atoms with van der Waals surface area (Å²) in [6.07, 6.45) is 5.26. The van der Waals surface area contributed by atoms with Crippen LogP contribution in [0, 0.1) is 11.8 Å². The molecule has 0 aromatic heterocycles. The lowest BCUT2D eigenvalue weighted by atomic mass is 9.95. The van der Waals surface area contributed by atoms with Crippen molar-refractivity contribution in [2.75, 3.05) is 33.3 Å². The molecule has 1 aromatic carbocycles. The van der Waals surface area contributed by atoms with Gasteiger partial charge in [0.2, 0.25) is 10.0 Å². The van der Waals surface area contributed by atoms with E-state index in [9.17, 15) is 8.42 Å². The van der Waals surface area contributed by atoms with Gasteiger partial charge in [0, 0.05) is 32.2 Å². The molecule has 1 saturated heterocycles. The lowest BCUT2D eigenvalue weighted by Crippen LogP contribution is -2.54. The van der Waals surface area contributed by atoms with Crippen LogP contribution in [-0.4, -0.2) is 62.1 Å². The fourth-order valence-electron chi connectivity index (χ4n) is 4.70. The van der Waals surface area contributed by atoms with Gasteiger partial charge in [0.1, 0.15) is 5.75 Å². The number of thiocarbonyl (C=S) groups is 1. The highest BCUT2D eigenvalue weighted by atomic mass is 32.2. The van der Waals surface area contributed by atoms with E-state index in [1.54, 1.807) is 35.7 Å². The minimum Gasteiger partial charge on any atom is -0.497 e. The molecule has 0 amide bonds. The number of benzene rings is 1. The first-order valence-corrected chi connectivity index (χ1v) is 11.5. The molecule has 3 atom stereocenters. The number of piperazine rings is 1. The summed E-state index contributed by atoms with van der Waals surface area (Å²) in [7, 11) is -1.91. The van der Waals surface area contributed by atoms with Gasteiger partial charge in [-0.15, -0.1) is 0 Å². The Labute approximate surface area is 166 Å². The second kappa shape index (κ2) is 7.56. The third-order valence-corrected chi connectivity index (χ3v) is 8.56. The molecule has 3 fully saturated rings. The SMILES string of the molecule is COc1ccc(S(=O)(=O)N2CCN(C(=S)N[C@H]3C[C@@H]4CC[C@@H]3C4)CC2)cc1. The van der Waals surface area contributed by atoms with Crippen LogP contribution in [0.1, 0.15) is 25.7 Å². The van der Waals surface area contributed by atoms with Crippen molar-refractivity contribution in [3.05, 3.63) is 24.3 Å². The number of sulfonamides is 1. The highest BCUT2D eigenvalue weighted by molar-refractivity contribution is 7.89. The van der Waals surface area contributed by atoms with Crippen LogP contribution in [0.3, 0.4) is 0 Å². The van der Waals surface area contributed by atoms with Crippen LogP contribution in [0.15, 0.2) is 29.2 Å².